The van der Waals surface area contributed by atoms with Crippen molar-refractivity contribution >= 4 is 33.1 Å². The summed E-state index contributed by atoms with van der Waals surface area (Å²) < 4.78 is 1.20. The maximum absolute atomic E-state index is 7.43. The highest BCUT2D eigenvalue weighted by molar-refractivity contribution is 7.18. The van der Waals surface area contributed by atoms with Gasteiger partial charge in [0.05, 0.1) is 21.1 Å². The van der Waals surface area contributed by atoms with Gasteiger partial charge in [-0.25, -0.2) is 4.98 Å². The lowest BCUT2D eigenvalue weighted by Crippen LogP contribution is -2.04. The average Bonchev–Trinajstić information content (AvgIpc) is 2.70. The van der Waals surface area contributed by atoms with Crippen molar-refractivity contribution in [3.8, 4) is 0 Å². The fourth-order valence-corrected chi connectivity index (χ4v) is 2.95. The Morgan fingerprint density at radius 2 is 2.22 bits per heavy atom. The van der Waals surface area contributed by atoms with Gasteiger partial charge in [0.15, 0.2) is 0 Å². The van der Waals surface area contributed by atoms with E-state index >= 15 is 0 Å². The van der Waals surface area contributed by atoms with Crippen LogP contribution in [0.15, 0.2) is 18.2 Å². The number of hydrogen-bond acceptors (Lipinski definition) is 3. The van der Waals surface area contributed by atoms with Crippen molar-refractivity contribution in [3.63, 3.8) is 0 Å². The van der Waals surface area contributed by atoms with Crippen LogP contribution in [0.3, 0.4) is 0 Å². The van der Waals surface area contributed by atoms with E-state index in [-0.39, 0.29) is 0 Å². The predicted octanol–water partition coefficient (Wildman–Crippen LogP) is 4.44. The summed E-state index contributed by atoms with van der Waals surface area (Å²) in [5.74, 6) is 0.460. The number of nitrogens with zero attached hydrogens (tertiary/aromatic N) is 1. The molecule has 1 aromatic heterocycles. The predicted molar refractivity (Wildman–Crippen MR) is 79.9 cm³/mol. The molecule has 1 aromatic carbocycles. The van der Waals surface area contributed by atoms with Gasteiger partial charge in [-0.1, -0.05) is 19.8 Å². The van der Waals surface area contributed by atoms with Crippen molar-refractivity contribution in [1.29, 1.82) is 5.41 Å². The van der Waals surface area contributed by atoms with E-state index in [0.29, 0.717) is 5.84 Å². The van der Waals surface area contributed by atoms with Crippen LogP contribution in [-0.4, -0.2) is 10.8 Å². The third kappa shape index (κ3) is 3.29. The first-order chi connectivity index (χ1) is 8.69. The molecule has 0 amide bonds. The smallest absolute Gasteiger partial charge is 0.0944 e. The molecule has 2 N–H and O–H groups in total. The van der Waals surface area contributed by atoms with Gasteiger partial charge in [0.1, 0.15) is 0 Å². The second kappa shape index (κ2) is 5.96. The van der Waals surface area contributed by atoms with Crippen LogP contribution < -0.4 is 5.32 Å². The number of aryl methyl sites for hydroxylation is 1. The molecule has 0 unspecified atom stereocenters. The van der Waals surface area contributed by atoms with E-state index in [2.05, 4.69) is 23.3 Å². The van der Waals surface area contributed by atoms with Crippen molar-refractivity contribution in [2.24, 2.45) is 0 Å². The topological polar surface area (TPSA) is 48.8 Å². The molecule has 0 spiro atoms. The second-order valence-corrected chi connectivity index (χ2v) is 5.61. The summed E-state index contributed by atoms with van der Waals surface area (Å²) in [5, 5.41) is 11.7. The lowest BCUT2D eigenvalue weighted by molar-refractivity contribution is 0.716. The Hall–Kier alpha value is -1.42. The van der Waals surface area contributed by atoms with E-state index in [9.17, 15) is 0 Å². The van der Waals surface area contributed by atoms with Gasteiger partial charge in [-0.15, -0.1) is 11.3 Å². The third-order valence-corrected chi connectivity index (χ3v) is 3.84. The Balaban J connectivity index is 2.14. The number of amidine groups is 1. The van der Waals surface area contributed by atoms with E-state index in [0.717, 1.165) is 17.6 Å². The van der Waals surface area contributed by atoms with Gasteiger partial charge in [0, 0.05) is 5.69 Å². The molecule has 2 aromatic rings. The van der Waals surface area contributed by atoms with Gasteiger partial charge in [0.2, 0.25) is 0 Å². The van der Waals surface area contributed by atoms with Gasteiger partial charge in [-0.2, -0.15) is 0 Å². The van der Waals surface area contributed by atoms with Gasteiger partial charge in [0.25, 0.3) is 0 Å². The molecule has 3 nitrogen and oxygen atoms in total. The van der Waals surface area contributed by atoms with Crippen LogP contribution in [0.1, 0.15) is 38.1 Å². The Kier molecular flexibility index (Phi) is 4.31. The molecule has 2 rings (SSSR count). The lowest BCUT2D eigenvalue weighted by Gasteiger charge is -2.02. The van der Waals surface area contributed by atoms with Gasteiger partial charge < -0.3 is 5.32 Å². The summed E-state index contributed by atoms with van der Waals surface area (Å²) in [5.41, 5.74) is 2.04. The van der Waals surface area contributed by atoms with Gasteiger partial charge >= 0.3 is 0 Å². The SMILES string of the molecule is CCCCCc1nc2ccc(NC(C)=N)cc2s1. The standard InChI is InChI=1S/C14H19N3S/c1-3-4-5-6-14-17-12-8-7-11(16-10(2)15)9-13(12)18-14/h7-9H,3-6H2,1-2H3,(H2,15,16). The Morgan fingerprint density at radius 1 is 1.39 bits per heavy atom. The largest absolute Gasteiger partial charge is 0.344 e. The van der Waals surface area contributed by atoms with Crippen molar-refractivity contribution in [1.82, 2.24) is 4.98 Å². The maximum Gasteiger partial charge on any atom is 0.0944 e. The number of unbranched alkanes of at least 4 members (excludes halogenated alkanes) is 2. The molecule has 0 bridgehead atoms. The Labute approximate surface area is 112 Å². The van der Waals surface area contributed by atoms with Gasteiger partial charge in [-0.3, -0.25) is 5.41 Å². The van der Waals surface area contributed by atoms with E-state index < -0.39 is 0 Å². The molecule has 18 heavy (non-hydrogen) atoms. The highest BCUT2D eigenvalue weighted by Gasteiger charge is 2.04. The third-order valence-electron chi connectivity index (χ3n) is 2.76. The van der Waals surface area contributed by atoms with Crippen LogP contribution in [0, 0.1) is 5.41 Å². The average molecular weight is 261 g/mol. The number of thiazole rings is 1. The number of benzene rings is 1. The van der Waals surface area contributed by atoms with Crippen LogP contribution in [0.5, 0.6) is 0 Å². The molecule has 0 aliphatic rings. The molecule has 96 valence electrons. The molecular weight excluding hydrogens is 242 g/mol. The molecule has 4 heteroatoms. The quantitative estimate of drug-likeness (QED) is 0.475. The zero-order valence-corrected chi connectivity index (χ0v) is 11.7. The first-order valence-electron chi connectivity index (χ1n) is 6.40. The normalized spacial score (nSPS) is 10.8. The minimum Gasteiger partial charge on any atom is -0.344 e. The van der Waals surface area contributed by atoms with Crippen LogP contribution in [0.2, 0.25) is 0 Å². The fraction of sp³-hybridized carbons (Fsp3) is 0.429. The first-order valence-corrected chi connectivity index (χ1v) is 7.22. The molecular formula is C14H19N3S. The van der Waals surface area contributed by atoms with E-state index in [4.69, 9.17) is 5.41 Å². The maximum atomic E-state index is 7.43. The van der Waals surface area contributed by atoms with Crippen LogP contribution in [0.4, 0.5) is 5.69 Å². The number of rotatable bonds is 5. The summed E-state index contributed by atoms with van der Waals surface area (Å²) in [6.45, 7) is 3.96. The molecule has 0 aliphatic heterocycles. The molecule has 0 atom stereocenters. The molecule has 0 saturated heterocycles. The van der Waals surface area contributed by atoms with Gasteiger partial charge in [-0.05, 0) is 38.0 Å². The summed E-state index contributed by atoms with van der Waals surface area (Å²) in [4.78, 5) is 4.64. The number of fused-ring (bicyclic) bond motifs is 1. The van der Waals surface area contributed by atoms with E-state index in [1.54, 1.807) is 18.3 Å². The number of hydrogen-bond donors (Lipinski definition) is 2. The first kappa shape index (κ1) is 13.0. The molecule has 0 radical (unpaired) electrons. The fourth-order valence-electron chi connectivity index (χ4n) is 1.90. The zero-order chi connectivity index (χ0) is 13.0. The Bertz CT molecular complexity index is 545. The van der Waals surface area contributed by atoms with E-state index in [1.165, 1.54) is 29.0 Å². The van der Waals surface area contributed by atoms with E-state index in [1.807, 2.05) is 12.1 Å². The van der Waals surface area contributed by atoms with Crippen LogP contribution in [-0.2, 0) is 6.42 Å². The number of anilines is 1. The van der Waals surface area contributed by atoms with Crippen molar-refractivity contribution in [2.45, 2.75) is 39.5 Å². The number of aromatic nitrogens is 1. The second-order valence-electron chi connectivity index (χ2n) is 4.50. The summed E-state index contributed by atoms with van der Waals surface area (Å²) in [7, 11) is 0. The minimum absolute atomic E-state index is 0.460. The Morgan fingerprint density at radius 3 is 2.94 bits per heavy atom. The van der Waals surface area contributed by atoms with Crippen LogP contribution in [0.25, 0.3) is 10.2 Å². The molecule has 0 fully saturated rings. The highest BCUT2D eigenvalue weighted by atomic mass is 32.1. The number of nitrogens with one attached hydrogen (secondary N) is 2. The molecule has 0 aliphatic carbocycles. The summed E-state index contributed by atoms with van der Waals surface area (Å²) >= 11 is 1.77. The zero-order valence-electron chi connectivity index (χ0n) is 10.9. The van der Waals surface area contributed by atoms with Crippen molar-refractivity contribution in [2.75, 3.05) is 5.32 Å². The lowest BCUT2D eigenvalue weighted by atomic mass is 10.2. The van der Waals surface area contributed by atoms with Crippen molar-refractivity contribution in [3.05, 3.63) is 23.2 Å². The monoisotopic (exact) mass is 261 g/mol. The molecule has 0 saturated carbocycles. The van der Waals surface area contributed by atoms with Crippen molar-refractivity contribution < 1.29 is 0 Å². The molecule has 1 heterocycles. The summed E-state index contributed by atoms with van der Waals surface area (Å²) in [6, 6.07) is 6.09. The minimum atomic E-state index is 0.460. The summed E-state index contributed by atoms with van der Waals surface area (Å²) in [6.07, 6.45) is 4.83. The highest BCUT2D eigenvalue weighted by Crippen LogP contribution is 2.26. The van der Waals surface area contributed by atoms with Crippen LogP contribution >= 0.6 is 11.3 Å².